The van der Waals surface area contributed by atoms with Gasteiger partial charge in [0.2, 0.25) is 5.88 Å². The molecule has 2 N–H and O–H groups in total. The second-order valence-corrected chi connectivity index (χ2v) is 7.76. The number of hydroxylamine groups is 1. The van der Waals surface area contributed by atoms with E-state index in [1.165, 1.54) is 4.68 Å². The van der Waals surface area contributed by atoms with Crippen LogP contribution < -0.4 is 26.0 Å². The molecule has 2 aromatic rings. The molecule has 1 aromatic heterocycles. The van der Waals surface area contributed by atoms with Gasteiger partial charge in [0.1, 0.15) is 6.17 Å². The number of ether oxygens (including phenoxy) is 1. The molecule has 29 heavy (non-hydrogen) atoms. The average Bonchev–Trinajstić information content (AvgIpc) is 3.05. The number of carbonyl (C=O) groups excluding carboxylic acids is 1. The lowest BCUT2D eigenvalue weighted by molar-refractivity contribution is 0.122. The number of nitrogens with one attached hydrogen (secondary N) is 2. The number of hydrogen-bond donors (Lipinski definition) is 2. The number of rotatable bonds is 6. The maximum absolute atomic E-state index is 12.2. The van der Waals surface area contributed by atoms with Crippen LogP contribution in [0.25, 0.3) is 0 Å². The maximum Gasteiger partial charge on any atom is 0.427 e. The van der Waals surface area contributed by atoms with Gasteiger partial charge in [0.25, 0.3) is 5.56 Å². The molecule has 2 heterocycles. The summed E-state index contributed by atoms with van der Waals surface area (Å²) in [6.45, 7) is 4.24. The molecule has 9 nitrogen and oxygen atoms in total. The number of halogens is 2. The number of amides is 1. The van der Waals surface area contributed by atoms with Crippen LogP contribution in [-0.2, 0) is 11.9 Å². The molecule has 11 heteroatoms. The van der Waals surface area contributed by atoms with E-state index in [0.717, 1.165) is 0 Å². The zero-order chi connectivity index (χ0) is 21.3. The number of nitrogens with zero attached hydrogens (tertiary/aromatic N) is 3. The van der Waals surface area contributed by atoms with E-state index in [1.54, 1.807) is 25.2 Å². The number of carbonyl (C=O) groups is 1. The van der Waals surface area contributed by atoms with E-state index in [4.69, 9.17) is 27.9 Å². The summed E-state index contributed by atoms with van der Waals surface area (Å²) >= 11 is 12.8. The Kier molecular flexibility index (Phi) is 6.21. The van der Waals surface area contributed by atoms with Crippen LogP contribution in [0, 0.1) is 0 Å². The summed E-state index contributed by atoms with van der Waals surface area (Å²) < 4.78 is 7.03. The summed E-state index contributed by atoms with van der Waals surface area (Å²) in [5, 5.41) is 7.29. The van der Waals surface area contributed by atoms with Gasteiger partial charge in [-0.25, -0.2) is 9.48 Å². The van der Waals surface area contributed by atoms with Crippen LogP contribution in [0.2, 0.25) is 10.0 Å². The number of anilines is 1. The SMILES string of the molecule is CC(C)c1cc(Oc2c(Cl)cc(N(C)CC3NOC(=O)N3)cc2Cl)nn(C)c1=O. The quantitative estimate of drug-likeness (QED) is 0.710. The topological polar surface area (TPSA) is 97.7 Å². The van der Waals surface area contributed by atoms with Crippen molar-refractivity contribution in [3.8, 4) is 11.6 Å². The fourth-order valence-corrected chi connectivity index (χ4v) is 3.38. The third-order valence-corrected chi connectivity index (χ3v) is 4.92. The number of aryl methyl sites for hydroxylation is 1. The zero-order valence-electron chi connectivity index (χ0n) is 16.3. The van der Waals surface area contributed by atoms with Gasteiger partial charge in [-0.15, -0.1) is 10.6 Å². The molecule has 0 spiro atoms. The van der Waals surface area contributed by atoms with E-state index in [-0.39, 0.29) is 39.3 Å². The van der Waals surface area contributed by atoms with Crippen LogP contribution in [0.1, 0.15) is 25.3 Å². The van der Waals surface area contributed by atoms with Crippen molar-refractivity contribution in [3.63, 3.8) is 0 Å². The van der Waals surface area contributed by atoms with E-state index in [2.05, 4.69) is 20.7 Å². The molecule has 0 bridgehead atoms. The molecule has 1 saturated heterocycles. The van der Waals surface area contributed by atoms with Crippen LogP contribution in [-0.4, -0.2) is 35.6 Å². The molecular formula is C18H21Cl2N5O4. The Balaban J connectivity index is 1.83. The molecule has 1 unspecified atom stereocenters. The Labute approximate surface area is 177 Å². The largest absolute Gasteiger partial charge is 0.434 e. The number of benzene rings is 1. The second-order valence-electron chi connectivity index (χ2n) is 6.95. The lowest BCUT2D eigenvalue weighted by Crippen LogP contribution is -2.42. The van der Waals surface area contributed by atoms with Gasteiger partial charge in [0.15, 0.2) is 5.75 Å². The van der Waals surface area contributed by atoms with Crippen molar-refractivity contribution >= 4 is 35.0 Å². The Bertz CT molecular complexity index is 972. The third-order valence-electron chi connectivity index (χ3n) is 4.36. The summed E-state index contributed by atoms with van der Waals surface area (Å²) in [5.41, 5.74) is 3.69. The van der Waals surface area contributed by atoms with Gasteiger partial charge in [-0.05, 0) is 18.1 Å². The number of likely N-dealkylation sites (N-methyl/N-ethyl adjacent to an activating group) is 1. The first-order chi connectivity index (χ1) is 13.7. The van der Waals surface area contributed by atoms with Crippen molar-refractivity contribution in [1.82, 2.24) is 20.6 Å². The average molecular weight is 442 g/mol. The van der Waals surface area contributed by atoms with E-state index in [1.807, 2.05) is 25.8 Å². The lowest BCUT2D eigenvalue weighted by atomic mass is 10.1. The fraction of sp³-hybridized carbons (Fsp3) is 0.389. The van der Waals surface area contributed by atoms with Crippen LogP contribution in [0.3, 0.4) is 0 Å². The fourth-order valence-electron chi connectivity index (χ4n) is 2.82. The van der Waals surface area contributed by atoms with Gasteiger partial charge in [0.05, 0.1) is 16.6 Å². The van der Waals surface area contributed by atoms with Crippen molar-refractivity contribution in [3.05, 3.63) is 44.2 Å². The first kappa shape index (κ1) is 21.2. The van der Waals surface area contributed by atoms with Gasteiger partial charge >= 0.3 is 6.09 Å². The highest BCUT2D eigenvalue weighted by molar-refractivity contribution is 6.37. The van der Waals surface area contributed by atoms with Crippen LogP contribution in [0.4, 0.5) is 10.5 Å². The van der Waals surface area contributed by atoms with Crippen molar-refractivity contribution in [2.75, 3.05) is 18.5 Å². The molecule has 1 aliphatic rings. The standard InChI is InChI=1S/C18H21Cl2N5O4/c1-9(2)11-7-15(22-25(4)17(11)26)28-16-12(19)5-10(6-13(16)20)24(3)8-14-21-18(27)29-23-14/h5-7,9,14,23H,8H2,1-4H3,(H,21,27). The van der Waals surface area contributed by atoms with Crippen LogP contribution >= 0.6 is 23.2 Å². The van der Waals surface area contributed by atoms with Gasteiger partial charge in [0, 0.05) is 31.4 Å². The first-order valence-corrected chi connectivity index (χ1v) is 9.60. The first-order valence-electron chi connectivity index (χ1n) is 8.85. The van der Waals surface area contributed by atoms with Crippen LogP contribution in [0.15, 0.2) is 23.0 Å². The summed E-state index contributed by atoms with van der Waals surface area (Å²) in [5.74, 6) is 0.465. The summed E-state index contributed by atoms with van der Waals surface area (Å²) in [6.07, 6.45) is -0.904. The van der Waals surface area contributed by atoms with Crippen molar-refractivity contribution in [1.29, 1.82) is 0 Å². The molecule has 156 valence electrons. The number of hydrogen-bond acceptors (Lipinski definition) is 7. The molecule has 0 saturated carbocycles. The van der Waals surface area contributed by atoms with E-state index < -0.39 is 6.09 Å². The molecule has 1 fully saturated rings. The predicted octanol–water partition coefficient (Wildman–Crippen LogP) is 3.01. The Morgan fingerprint density at radius 2 is 1.93 bits per heavy atom. The Hall–Kier alpha value is -2.49. The smallest absolute Gasteiger partial charge is 0.427 e. The highest BCUT2D eigenvalue weighted by atomic mass is 35.5. The Morgan fingerprint density at radius 1 is 1.28 bits per heavy atom. The maximum atomic E-state index is 12.2. The zero-order valence-corrected chi connectivity index (χ0v) is 17.8. The molecular weight excluding hydrogens is 421 g/mol. The van der Waals surface area contributed by atoms with E-state index in [0.29, 0.717) is 17.8 Å². The van der Waals surface area contributed by atoms with Crippen LogP contribution in [0.5, 0.6) is 11.6 Å². The van der Waals surface area contributed by atoms with Crippen molar-refractivity contribution in [2.24, 2.45) is 7.05 Å². The lowest BCUT2D eigenvalue weighted by Gasteiger charge is -2.23. The predicted molar refractivity (Wildman–Crippen MR) is 110 cm³/mol. The highest BCUT2D eigenvalue weighted by Gasteiger charge is 2.24. The third kappa shape index (κ3) is 4.75. The molecule has 1 atom stereocenters. The van der Waals surface area contributed by atoms with E-state index >= 15 is 0 Å². The minimum atomic E-state index is -0.534. The molecule has 0 aliphatic carbocycles. The van der Waals surface area contributed by atoms with Gasteiger partial charge in [-0.2, -0.15) is 0 Å². The molecule has 0 radical (unpaired) electrons. The summed E-state index contributed by atoms with van der Waals surface area (Å²) in [7, 11) is 3.38. The second kappa shape index (κ2) is 8.48. The monoisotopic (exact) mass is 441 g/mol. The number of aromatic nitrogens is 2. The summed E-state index contributed by atoms with van der Waals surface area (Å²) in [6, 6.07) is 4.96. The van der Waals surface area contributed by atoms with Gasteiger partial charge in [-0.1, -0.05) is 37.0 Å². The summed E-state index contributed by atoms with van der Waals surface area (Å²) in [4.78, 5) is 29.8. The van der Waals surface area contributed by atoms with Gasteiger partial charge in [-0.3, -0.25) is 10.1 Å². The Morgan fingerprint density at radius 3 is 2.48 bits per heavy atom. The van der Waals surface area contributed by atoms with Gasteiger partial charge < -0.3 is 14.5 Å². The highest BCUT2D eigenvalue weighted by Crippen LogP contribution is 2.39. The normalized spacial score (nSPS) is 16.0. The minimum absolute atomic E-state index is 0.00897. The van der Waals surface area contributed by atoms with Crippen molar-refractivity contribution < 1.29 is 14.4 Å². The molecule has 1 amide bonds. The molecule has 3 rings (SSSR count). The molecule has 1 aliphatic heterocycles. The van der Waals surface area contributed by atoms with Crippen molar-refractivity contribution in [2.45, 2.75) is 25.9 Å². The molecule has 1 aromatic carbocycles. The minimum Gasteiger partial charge on any atom is -0.434 e. The van der Waals surface area contributed by atoms with E-state index in [9.17, 15) is 9.59 Å².